The summed E-state index contributed by atoms with van der Waals surface area (Å²) in [6.45, 7) is 3.91. The van der Waals surface area contributed by atoms with E-state index < -0.39 is 0 Å². The van der Waals surface area contributed by atoms with Crippen molar-refractivity contribution in [1.82, 2.24) is 9.97 Å². The van der Waals surface area contributed by atoms with Crippen LogP contribution < -0.4 is 5.32 Å². The first kappa shape index (κ1) is 14.3. The molecule has 1 N–H and O–H groups in total. The molecule has 5 heteroatoms. The molecule has 1 aromatic carbocycles. The highest BCUT2D eigenvalue weighted by atomic mass is 35.5. The number of aromatic nitrogens is 2. The summed E-state index contributed by atoms with van der Waals surface area (Å²) >= 11 is 6.20. The third kappa shape index (κ3) is 3.16. The van der Waals surface area contributed by atoms with Gasteiger partial charge in [0.1, 0.15) is 22.6 Å². The minimum atomic E-state index is -0.233. The van der Waals surface area contributed by atoms with Gasteiger partial charge in [0.25, 0.3) is 0 Å². The predicted molar refractivity (Wildman–Crippen MR) is 82.2 cm³/mol. The topological polar surface area (TPSA) is 37.8 Å². The summed E-state index contributed by atoms with van der Waals surface area (Å²) in [7, 11) is 0. The van der Waals surface area contributed by atoms with E-state index in [1.54, 1.807) is 12.1 Å². The van der Waals surface area contributed by atoms with Crippen molar-refractivity contribution in [3.05, 3.63) is 52.2 Å². The Balaban J connectivity index is 1.84. The van der Waals surface area contributed by atoms with Crippen molar-refractivity contribution >= 4 is 17.4 Å². The van der Waals surface area contributed by atoms with Gasteiger partial charge in [0.05, 0.1) is 0 Å². The van der Waals surface area contributed by atoms with Gasteiger partial charge in [-0.1, -0.05) is 23.7 Å². The van der Waals surface area contributed by atoms with Gasteiger partial charge in [0.15, 0.2) is 0 Å². The Labute approximate surface area is 128 Å². The maximum Gasteiger partial charge on any atom is 0.137 e. The molecule has 2 aromatic rings. The second kappa shape index (κ2) is 5.60. The van der Waals surface area contributed by atoms with Crippen molar-refractivity contribution in [2.75, 3.05) is 5.32 Å². The van der Waals surface area contributed by atoms with Gasteiger partial charge >= 0.3 is 0 Å². The minimum absolute atomic E-state index is 0.0160. The van der Waals surface area contributed by atoms with Crippen molar-refractivity contribution in [3.8, 4) is 0 Å². The molecule has 0 spiro atoms. The molecule has 1 aliphatic carbocycles. The van der Waals surface area contributed by atoms with Gasteiger partial charge in [-0.15, -0.1) is 0 Å². The van der Waals surface area contributed by atoms with Gasteiger partial charge in [0.2, 0.25) is 0 Å². The van der Waals surface area contributed by atoms with E-state index in [0.717, 1.165) is 35.6 Å². The molecule has 1 unspecified atom stereocenters. The summed E-state index contributed by atoms with van der Waals surface area (Å²) in [6.07, 6.45) is 2.26. The summed E-state index contributed by atoms with van der Waals surface area (Å²) in [6, 6.07) is 6.48. The Morgan fingerprint density at radius 1 is 1.24 bits per heavy atom. The first-order valence-electron chi connectivity index (χ1n) is 7.10. The van der Waals surface area contributed by atoms with Gasteiger partial charge in [-0.05, 0) is 44.4 Å². The quantitative estimate of drug-likeness (QED) is 0.837. The third-order valence-corrected chi connectivity index (χ3v) is 4.14. The summed E-state index contributed by atoms with van der Waals surface area (Å²) in [5, 5.41) is 3.85. The van der Waals surface area contributed by atoms with Crippen molar-refractivity contribution in [2.45, 2.75) is 38.6 Å². The van der Waals surface area contributed by atoms with Crippen LogP contribution in [0.25, 0.3) is 0 Å². The molecule has 21 heavy (non-hydrogen) atoms. The molecule has 0 saturated heterocycles. The first-order valence-corrected chi connectivity index (χ1v) is 7.48. The van der Waals surface area contributed by atoms with E-state index in [9.17, 15) is 4.39 Å². The average Bonchev–Trinajstić information content (AvgIpc) is 3.29. The average molecular weight is 306 g/mol. The number of hydrogen-bond donors (Lipinski definition) is 1. The lowest BCUT2D eigenvalue weighted by Gasteiger charge is -2.17. The van der Waals surface area contributed by atoms with Gasteiger partial charge in [-0.3, -0.25) is 0 Å². The monoisotopic (exact) mass is 305 g/mol. The van der Waals surface area contributed by atoms with E-state index >= 15 is 0 Å². The molecule has 0 radical (unpaired) electrons. The van der Waals surface area contributed by atoms with Crippen LogP contribution in [0.1, 0.15) is 48.7 Å². The van der Waals surface area contributed by atoms with Crippen LogP contribution in [0.2, 0.25) is 5.15 Å². The zero-order valence-electron chi connectivity index (χ0n) is 12.0. The fourth-order valence-electron chi connectivity index (χ4n) is 2.21. The molecular weight excluding hydrogens is 289 g/mol. The first-order chi connectivity index (χ1) is 10.0. The van der Waals surface area contributed by atoms with Crippen LogP contribution in [-0.4, -0.2) is 9.97 Å². The zero-order valence-corrected chi connectivity index (χ0v) is 12.8. The fourth-order valence-corrected chi connectivity index (χ4v) is 2.39. The molecule has 3 nitrogen and oxygen atoms in total. The van der Waals surface area contributed by atoms with Crippen molar-refractivity contribution in [2.24, 2.45) is 0 Å². The number of hydrogen-bond acceptors (Lipinski definition) is 3. The van der Waals surface area contributed by atoms with Crippen LogP contribution in [-0.2, 0) is 0 Å². The normalized spacial score (nSPS) is 15.8. The molecule has 1 saturated carbocycles. The molecule has 1 atom stereocenters. The van der Waals surface area contributed by atoms with Crippen LogP contribution in [0.5, 0.6) is 0 Å². The number of nitrogens with one attached hydrogen (secondary N) is 1. The number of rotatable bonds is 4. The number of nitrogens with zero attached hydrogens (tertiary/aromatic N) is 2. The molecule has 1 heterocycles. The van der Waals surface area contributed by atoms with Crippen LogP contribution in [0.4, 0.5) is 10.2 Å². The molecule has 1 aromatic heterocycles. The van der Waals surface area contributed by atoms with Crippen molar-refractivity contribution in [3.63, 3.8) is 0 Å². The molecule has 1 aliphatic rings. The highest BCUT2D eigenvalue weighted by Gasteiger charge is 2.28. The van der Waals surface area contributed by atoms with E-state index in [-0.39, 0.29) is 11.9 Å². The molecule has 1 fully saturated rings. The zero-order chi connectivity index (χ0) is 15.0. The molecule has 3 rings (SSSR count). The number of benzene rings is 1. The van der Waals surface area contributed by atoms with Crippen LogP contribution in [0.15, 0.2) is 24.3 Å². The molecule has 0 bridgehead atoms. The van der Waals surface area contributed by atoms with E-state index in [0.29, 0.717) is 11.1 Å². The van der Waals surface area contributed by atoms with E-state index in [1.165, 1.54) is 12.1 Å². The third-order valence-electron chi connectivity index (χ3n) is 3.77. The molecular formula is C16H17ClFN3. The Bertz CT molecular complexity index is 653. The lowest BCUT2D eigenvalue weighted by Crippen LogP contribution is -2.11. The number of anilines is 1. The van der Waals surface area contributed by atoms with Gasteiger partial charge < -0.3 is 5.32 Å². The smallest absolute Gasteiger partial charge is 0.137 e. The lowest BCUT2D eigenvalue weighted by molar-refractivity contribution is 0.626. The SMILES string of the molecule is Cc1c(Cl)nc(C2CC2)nc1NC(C)c1ccc(F)cc1. The Morgan fingerprint density at radius 3 is 2.52 bits per heavy atom. The Morgan fingerprint density at radius 2 is 1.90 bits per heavy atom. The second-order valence-electron chi connectivity index (χ2n) is 5.54. The standard InChI is InChI=1S/C16H17ClFN3/c1-9-14(17)20-16(12-3-4-12)21-15(9)19-10(2)11-5-7-13(18)8-6-11/h5-8,10,12H,3-4H2,1-2H3,(H,19,20,21). The largest absolute Gasteiger partial charge is 0.363 e. The van der Waals surface area contributed by atoms with Crippen LogP contribution in [0.3, 0.4) is 0 Å². The predicted octanol–water partition coefficient (Wildman–Crippen LogP) is 4.63. The Kier molecular flexibility index (Phi) is 3.81. The fraction of sp³-hybridized carbons (Fsp3) is 0.375. The molecule has 0 aliphatic heterocycles. The van der Waals surface area contributed by atoms with Crippen LogP contribution >= 0.6 is 11.6 Å². The van der Waals surface area contributed by atoms with E-state index in [2.05, 4.69) is 15.3 Å². The van der Waals surface area contributed by atoms with E-state index in [4.69, 9.17) is 11.6 Å². The van der Waals surface area contributed by atoms with Gasteiger partial charge in [-0.2, -0.15) is 0 Å². The highest BCUT2D eigenvalue weighted by molar-refractivity contribution is 6.30. The van der Waals surface area contributed by atoms with Gasteiger partial charge in [-0.25, -0.2) is 14.4 Å². The molecule has 0 amide bonds. The highest BCUT2D eigenvalue weighted by Crippen LogP contribution is 2.39. The summed E-state index contributed by atoms with van der Waals surface area (Å²) < 4.78 is 13.0. The summed E-state index contributed by atoms with van der Waals surface area (Å²) in [5.41, 5.74) is 1.84. The second-order valence-corrected chi connectivity index (χ2v) is 5.90. The lowest BCUT2D eigenvalue weighted by atomic mass is 10.1. The van der Waals surface area contributed by atoms with Crippen molar-refractivity contribution in [1.29, 1.82) is 0 Å². The summed E-state index contributed by atoms with van der Waals surface area (Å²) in [5.74, 6) is 1.79. The van der Waals surface area contributed by atoms with E-state index in [1.807, 2.05) is 13.8 Å². The van der Waals surface area contributed by atoms with Crippen molar-refractivity contribution < 1.29 is 4.39 Å². The minimum Gasteiger partial charge on any atom is -0.363 e. The maximum absolute atomic E-state index is 13.0. The maximum atomic E-state index is 13.0. The number of halogens is 2. The van der Waals surface area contributed by atoms with Gasteiger partial charge in [0, 0.05) is 17.5 Å². The van der Waals surface area contributed by atoms with Crippen LogP contribution in [0, 0.1) is 12.7 Å². The summed E-state index contributed by atoms with van der Waals surface area (Å²) in [4.78, 5) is 8.95. The Hall–Kier alpha value is -1.68. The molecule has 110 valence electrons.